The molecule has 0 heterocycles. The molecule has 0 atom stereocenters. The molecular weight excluding hydrogens is 379 g/mol. The van der Waals surface area contributed by atoms with Crippen molar-refractivity contribution in [3.63, 3.8) is 0 Å². The molecule has 2 N–H and O–H groups in total. The van der Waals surface area contributed by atoms with Crippen LogP contribution in [0.5, 0.6) is 0 Å². The van der Waals surface area contributed by atoms with Crippen LogP contribution in [0.4, 0.5) is 0 Å². The number of hydrogen-bond acceptors (Lipinski definition) is 2. The number of hydrogen-bond donors (Lipinski definition) is 2. The maximum Gasteiger partial charge on any atom is 0.308 e. The average Bonchev–Trinajstić information content (AvgIpc) is 1.83. The summed E-state index contributed by atoms with van der Waals surface area (Å²) in [7, 11) is 0. The van der Waals surface area contributed by atoms with Gasteiger partial charge in [0.1, 0.15) is 0 Å². The molecule has 0 rings (SSSR count). The summed E-state index contributed by atoms with van der Waals surface area (Å²) >= 11 is 0. The second kappa shape index (κ2) is 6.99. The first-order chi connectivity index (χ1) is 5.89. The molecule has 0 bridgehead atoms. The van der Waals surface area contributed by atoms with Crippen molar-refractivity contribution < 1.29 is 40.9 Å². The molecule has 0 unspecified atom stereocenters. The van der Waals surface area contributed by atoms with E-state index in [9.17, 15) is 9.59 Å². The van der Waals surface area contributed by atoms with E-state index in [1.54, 1.807) is 41.5 Å². The quantitative estimate of drug-likeness (QED) is 0.655. The zero-order valence-electron chi connectivity index (χ0n) is 10.0. The van der Waals surface area contributed by atoms with Gasteiger partial charge in [0.15, 0.2) is 0 Å². The topological polar surface area (TPSA) is 74.6 Å². The van der Waals surface area contributed by atoms with E-state index < -0.39 is 22.8 Å². The fourth-order valence-electron chi connectivity index (χ4n) is 0. The molecule has 94 valence electrons. The van der Waals surface area contributed by atoms with Gasteiger partial charge in [-0.05, 0) is 41.5 Å². The van der Waals surface area contributed by atoms with Gasteiger partial charge < -0.3 is 10.2 Å². The summed E-state index contributed by atoms with van der Waals surface area (Å²) in [4.78, 5) is 20.0. The summed E-state index contributed by atoms with van der Waals surface area (Å²) in [5.74, 6) is -1.51. The van der Waals surface area contributed by atoms with E-state index in [1.165, 1.54) is 0 Å². The summed E-state index contributed by atoms with van der Waals surface area (Å²) in [5.41, 5.74) is -1.17. The van der Waals surface area contributed by atoms with Crippen LogP contribution in [0.2, 0.25) is 0 Å². The smallest absolute Gasteiger partial charge is 0.308 e. The van der Waals surface area contributed by atoms with E-state index in [2.05, 4.69) is 0 Å². The molecule has 0 aliphatic heterocycles. The number of carboxylic acid groups (broad SMARTS) is 2. The molecule has 0 aliphatic rings. The summed E-state index contributed by atoms with van der Waals surface area (Å²) in [5, 5.41) is 16.5. The Kier molecular flexibility index (Phi) is 9.37. The molecule has 15 heavy (non-hydrogen) atoms. The van der Waals surface area contributed by atoms with Crippen molar-refractivity contribution in [1.82, 2.24) is 0 Å². The molecule has 0 aromatic heterocycles. The predicted molar refractivity (Wildman–Crippen MR) is 54.2 cm³/mol. The minimum Gasteiger partial charge on any atom is -0.481 e. The largest absolute Gasteiger partial charge is 0.481 e. The SMILES string of the molecule is CC(C)(C)C(=O)O.CC(C)(C)C(=O)O.[Pt]. The Morgan fingerprint density at radius 2 is 0.800 bits per heavy atom. The first kappa shape index (κ1) is 20.1. The van der Waals surface area contributed by atoms with Gasteiger partial charge in [-0.15, -0.1) is 0 Å². The van der Waals surface area contributed by atoms with Gasteiger partial charge in [0.25, 0.3) is 0 Å². The summed E-state index contributed by atoms with van der Waals surface area (Å²) < 4.78 is 0. The van der Waals surface area contributed by atoms with Gasteiger partial charge in [0.2, 0.25) is 0 Å². The number of rotatable bonds is 0. The van der Waals surface area contributed by atoms with Gasteiger partial charge in [0, 0.05) is 21.1 Å². The van der Waals surface area contributed by atoms with Crippen LogP contribution in [0.1, 0.15) is 41.5 Å². The molecular formula is C10H20O4Pt. The molecule has 0 saturated carbocycles. The maximum atomic E-state index is 10.0. The minimum absolute atomic E-state index is 0. The van der Waals surface area contributed by atoms with Crippen LogP contribution >= 0.6 is 0 Å². The van der Waals surface area contributed by atoms with Crippen LogP contribution in [0, 0.1) is 10.8 Å². The fourth-order valence-corrected chi connectivity index (χ4v) is 0. The van der Waals surface area contributed by atoms with E-state index in [4.69, 9.17) is 10.2 Å². The van der Waals surface area contributed by atoms with Crippen LogP contribution in [0.25, 0.3) is 0 Å². The molecule has 0 aromatic rings. The van der Waals surface area contributed by atoms with Crippen molar-refractivity contribution in [3.05, 3.63) is 0 Å². The van der Waals surface area contributed by atoms with Crippen LogP contribution in [-0.4, -0.2) is 22.2 Å². The summed E-state index contributed by atoms with van der Waals surface area (Å²) in [6.45, 7) is 9.97. The molecule has 0 aromatic carbocycles. The van der Waals surface area contributed by atoms with Crippen molar-refractivity contribution in [2.75, 3.05) is 0 Å². The fraction of sp³-hybridized carbons (Fsp3) is 0.800. The first-order valence-electron chi connectivity index (χ1n) is 4.36. The normalized spacial score (nSPS) is 10.5. The molecule has 0 amide bonds. The van der Waals surface area contributed by atoms with Crippen LogP contribution in [0.3, 0.4) is 0 Å². The standard InChI is InChI=1S/2C5H10O2.Pt/c2*1-5(2,3)4(6)7;/h2*1-3H3,(H,6,7);. The van der Waals surface area contributed by atoms with Gasteiger partial charge in [-0.1, -0.05) is 0 Å². The van der Waals surface area contributed by atoms with E-state index >= 15 is 0 Å². The van der Waals surface area contributed by atoms with Gasteiger partial charge in [-0.3, -0.25) is 9.59 Å². The Balaban J connectivity index is -0.000000180. The molecule has 5 heteroatoms. The first-order valence-corrected chi connectivity index (χ1v) is 4.36. The number of aliphatic carboxylic acids is 2. The van der Waals surface area contributed by atoms with Gasteiger partial charge in [-0.25, -0.2) is 0 Å². The van der Waals surface area contributed by atoms with Crippen molar-refractivity contribution in [2.45, 2.75) is 41.5 Å². The van der Waals surface area contributed by atoms with E-state index in [1.807, 2.05) is 0 Å². The second-order valence-electron chi connectivity index (χ2n) is 5.11. The van der Waals surface area contributed by atoms with E-state index in [0.717, 1.165) is 0 Å². The van der Waals surface area contributed by atoms with E-state index in [-0.39, 0.29) is 21.1 Å². The van der Waals surface area contributed by atoms with Crippen molar-refractivity contribution in [1.29, 1.82) is 0 Å². The average molecular weight is 399 g/mol. The third-order valence-corrected chi connectivity index (χ3v) is 1.28. The number of carbonyl (C=O) groups is 2. The van der Waals surface area contributed by atoms with Crippen molar-refractivity contribution in [3.8, 4) is 0 Å². The summed E-state index contributed by atoms with van der Waals surface area (Å²) in [6, 6.07) is 0. The van der Waals surface area contributed by atoms with Crippen molar-refractivity contribution >= 4 is 11.9 Å². The Morgan fingerprint density at radius 1 is 0.733 bits per heavy atom. The van der Waals surface area contributed by atoms with Crippen molar-refractivity contribution in [2.24, 2.45) is 10.8 Å². The Bertz CT molecular complexity index is 186. The molecule has 0 saturated heterocycles. The summed E-state index contributed by atoms with van der Waals surface area (Å²) in [6.07, 6.45) is 0. The zero-order valence-corrected chi connectivity index (χ0v) is 12.3. The monoisotopic (exact) mass is 399 g/mol. The minimum atomic E-state index is -0.757. The molecule has 4 nitrogen and oxygen atoms in total. The third kappa shape index (κ3) is 13.6. The molecule has 0 fully saturated rings. The Morgan fingerprint density at radius 3 is 0.800 bits per heavy atom. The molecule has 0 radical (unpaired) electrons. The van der Waals surface area contributed by atoms with Crippen LogP contribution in [0.15, 0.2) is 0 Å². The Labute approximate surface area is 105 Å². The Hall–Kier alpha value is -0.372. The maximum absolute atomic E-state index is 10.0. The number of carboxylic acids is 2. The van der Waals surface area contributed by atoms with E-state index in [0.29, 0.717) is 0 Å². The molecule has 0 aliphatic carbocycles. The van der Waals surface area contributed by atoms with Gasteiger partial charge in [0.05, 0.1) is 10.8 Å². The van der Waals surface area contributed by atoms with Gasteiger partial charge in [-0.2, -0.15) is 0 Å². The second-order valence-corrected chi connectivity index (χ2v) is 5.11. The van der Waals surface area contributed by atoms with Crippen LogP contribution in [-0.2, 0) is 30.7 Å². The predicted octanol–water partition coefficient (Wildman–Crippen LogP) is 2.23. The third-order valence-electron chi connectivity index (χ3n) is 1.28. The van der Waals surface area contributed by atoms with Crippen LogP contribution < -0.4 is 0 Å². The van der Waals surface area contributed by atoms with Gasteiger partial charge >= 0.3 is 11.9 Å². The zero-order chi connectivity index (χ0) is 12.2. The molecule has 0 spiro atoms.